The summed E-state index contributed by atoms with van der Waals surface area (Å²) in [5.74, 6) is 0. The van der Waals surface area contributed by atoms with Gasteiger partial charge in [-0.05, 0) is 43.3 Å². The van der Waals surface area contributed by atoms with Gasteiger partial charge in [-0.2, -0.15) is 0 Å². The molecule has 0 spiro atoms. The molecule has 0 amide bonds. The number of nitrogens with zero attached hydrogens (tertiary/aromatic N) is 2. The highest BCUT2D eigenvalue weighted by Gasteiger charge is 2.23. The van der Waals surface area contributed by atoms with Crippen LogP contribution in [0.3, 0.4) is 0 Å². The first kappa shape index (κ1) is 15.2. The van der Waals surface area contributed by atoms with Gasteiger partial charge in [0.05, 0.1) is 6.04 Å². The fraction of sp³-hybridized carbons (Fsp3) is 0.312. The lowest BCUT2D eigenvalue weighted by atomic mass is 9.99. The van der Waals surface area contributed by atoms with Crippen LogP contribution in [0.25, 0.3) is 0 Å². The zero-order valence-electron chi connectivity index (χ0n) is 11.8. The van der Waals surface area contributed by atoms with Crippen LogP contribution < -0.4 is 5.73 Å². The molecule has 1 heterocycles. The molecule has 0 bridgehead atoms. The second-order valence-electron chi connectivity index (χ2n) is 5.10. The van der Waals surface area contributed by atoms with E-state index >= 15 is 0 Å². The van der Waals surface area contributed by atoms with Crippen molar-refractivity contribution in [1.82, 2.24) is 9.88 Å². The van der Waals surface area contributed by atoms with Crippen LogP contribution in [-0.2, 0) is 6.54 Å². The van der Waals surface area contributed by atoms with Crippen molar-refractivity contribution in [2.24, 2.45) is 5.73 Å². The summed E-state index contributed by atoms with van der Waals surface area (Å²) in [6.45, 7) is 2.89. The Morgan fingerprint density at radius 2 is 1.85 bits per heavy atom. The van der Waals surface area contributed by atoms with E-state index in [0.29, 0.717) is 0 Å². The highest BCUT2D eigenvalue weighted by Crippen LogP contribution is 2.29. The molecule has 106 valence electrons. The van der Waals surface area contributed by atoms with E-state index in [-0.39, 0.29) is 12.1 Å². The summed E-state index contributed by atoms with van der Waals surface area (Å²) in [6.07, 6.45) is 3.64. The van der Waals surface area contributed by atoms with Crippen LogP contribution in [0.1, 0.15) is 24.1 Å². The van der Waals surface area contributed by atoms with E-state index < -0.39 is 0 Å². The third-order valence-corrected chi connectivity index (χ3v) is 4.10. The quantitative estimate of drug-likeness (QED) is 0.912. The van der Waals surface area contributed by atoms with Gasteiger partial charge in [0.2, 0.25) is 0 Å². The summed E-state index contributed by atoms with van der Waals surface area (Å²) < 4.78 is 1.10. The maximum absolute atomic E-state index is 6.22. The molecule has 1 aromatic heterocycles. The molecule has 2 aromatic rings. The lowest BCUT2D eigenvalue weighted by Gasteiger charge is -2.32. The second kappa shape index (κ2) is 6.97. The van der Waals surface area contributed by atoms with Gasteiger partial charge in [0.25, 0.3) is 0 Å². The predicted octanol–water partition coefficient (Wildman–Crippen LogP) is 3.36. The first-order valence-electron chi connectivity index (χ1n) is 6.68. The van der Waals surface area contributed by atoms with Gasteiger partial charge < -0.3 is 5.73 Å². The molecule has 1 aromatic carbocycles. The van der Waals surface area contributed by atoms with Crippen LogP contribution in [0.2, 0.25) is 0 Å². The molecule has 0 aliphatic carbocycles. The van der Waals surface area contributed by atoms with Crippen molar-refractivity contribution in [2.45, 2.75) is 25.6 Å². The largest absolute Gasteiger partial charge is 0.326 e. The first-order valence-corrected chi connectivity index (χ1v) is 7.48. The van der Waals surface area contributed by atoms with Gasteiger partial charge in [-0.3, -0.25) is 9.88 Å². The van der Waals surface area contributed by atoms with E-state index in [2.05, 4.69) is 51.1 Å². The van der Waals surface area contributed by atoms with Crippen molar-refractivity contribution < 1.29 is 0 Å². The summed E-state index contributed by atoms with van der Waals surface area (Å²) in [4.78, 5) is 6.33. The van der Waals surface area contributed by atoms with Crippen LogP contribution in [0, 0.1) is 0 Å². The van der Waals surface area contributed by atoms with Gasteiger partial charge in [-0.15, -0.1) is 0 Å². The second-order valence-corrected chi connectivity index (χ2v) is 5.95. The Morgan fingerprint density at radius 3 is 2.45 bits per heavy atom. The van der Waals surface area contributed by atoms with E-state index in [1.165, 1.54) is 11.1 Å². The Morgan fingerprint density at radius 1 is 1.20 bits per heavy atom. The fourth-order valence-electron chi connectivity index (χ4n) is 2.51. The Hall–Kier alpha value is -1.23. The van der Waals surface area contributed by atoms with E-state index in [1.807, 2.05) is 37.5 Å². The van der Waals surface area contributed by atoms with Gasteiger partial charge in [-0.25, -0.2) is 0 Å². The molecule has 0 saturated carbocycles. The Bertz CT molecular complexity index is 542. The van der Waals surface area contributed by atoms with Crippen molar-refractivity contribution in [3.05, 3.63) is 64.4 Å². The topological polar surface area (TPSA) is 42.1 Å². The number of hydrogen-bond donors (Lipinski definition) is 1. The molecular formula is C16H20BrN3. The molecule has 20 heavy (non-hydrogen) atoms. The lowest BCUT2D eigenvalue weighted by molar-refractivity contribution is 0.210. The third-order valence-electron chi connectivity index (χ3n) is 3.38. The van der Waals surface area contributed by atoms with E-state index in [0.717, 1.165) is 11.0 Å². The Labute approximate surface area is 129 Å². The van der Waals surface area contributed by atoms with Gasteiger partial charge in [0.1, 0.15) is 0 Å². The van der Waals surface area contributed by atoms with Crippen molar-refractivity contribution in [3.8, 4) is 0 Å². The van der Waals surface area contributed by atoms with E-state index in [9.17, 15) is 0 Å². The number of rotatable bonds is 5. The smallest absolute Gasteiger partial charge is 0.0508 e. The third kappa shape index (κ3) is 3.66. The van der Waals surface area contributed by atoms with Crippen LogP contribution in [0.15, 0.2) is 53.3 Å². The maximum atomic E-state index is 6.22. The van der Waals surface area contributed by atoms with E-state index in [1.54, 1.807) is 0 Å². The van der Waals surface area contributed by atoms with Crippen molar-refractivity contribution >= 4 is 15.9 Å². The molecule has 0 saturated heterocycles. The molecule has 3 nitrogen and oxygen atoms in total. The average molecular weight is 334 g/mol. The zero-order valence-corrected chi connectivity index (χ0v) is 13.4. The van der Waals surface area contributed by atoms with Gasteiger partial charge in [-0.1, -0.05) is 34.1 Å². The van der Waals surface area contributed by atoms with Gasteiger partial charge in [0.15, 0.2) is 0 Å². The molecule has 0 aliphatic rings. The highest BCUT2D eigenvalue weighted by atomic mass is 79.9. The maximum Gasteiger partial charge on any atom is 0.0508 e. The average Bonchev–Trinajstić information content (AvgIpc) is 2.42. The lowest BCUT2D eigenvalue weighted by Crippen LogP contribution is -2.37. The summed E-state index contributed by atoms with van der Waals surface area (Å²) >= 11 is 3.63. The number of pyridine rings is 1. The molecule has 0 radical (unpaired) electrons. The molecular weight excluding hydrogens is 314 g/mol. The number of hydrogen-bond acceptors (Lipinski definition) is 3. The summed E-state index contributed by atoms with van der Waals surface area (Å²) in [5.41, 5.74) is 8.67. The van der Waals surface area contributed by atoms with Gasteiger partial charge >= 0.3 is 0 Å². The van der Waals surface area contributed by atoms with Gasteiger partial charge in [0, 0.05) is 29.5 Å². The number of benzene rings is 1. The Balaban J connectivity index is 2.23. The van der Waals surface area contributed by atoms with E-state index in [4.69, 9.17) is 5.73 Å². The predicted molar refractivity (Wildman–Crippen MR) is 86.2 cm³/mol. The van der Waals surface area contributed by atoms with Crippen LogP contribution in [-0.4, -0.2) is 23.0 Å². The molecule has 2 N–H and O–H groups in total. The zero-order chi connectivity index (χ0) is 14.5. The van der Waals surface area contributed by atoms with Crippen LogP contribution >= 0.6 is 15.9 Å². The number of aromatic nitrogens is 1. The SMILES string of the molecule is CC(N)C(c1ccccc1Br)N(C)Cc1ccncc1. The molecule has 4 heteroatoms. The highest BCUT2D eigenvalue weighted by molar-refractivity contribution is 9.10. The molecule has 0 fully saturated rings. The summed E-state index contributed by atoms with van der Waals surface area (Å²) in [6, 6.07) is 12.5. The number of likely N-dealkylation sites (N-methyl/N-ethyl adjacent to an activating group) is 1. The number of halogens is 1. The molecule has 2 unspecified atom stereocenters. The van der Waals surface area contributed by atoms with Crippen LogP contribution in [0.5, 0.6) is 0 Å². The van der Waals surface area contributed by atoms with Crippen molar-refractivity contribution in [1.29, 1.82) is 0 Å². The van der Waals surface area contributed by atoms with Crippen LogP contribution in [0.4, 0.5) is 0 Å². The minimum absolute atomic E-state index is 0.0422. The first-order chi connectivity index (χ1) is 9.59. The van der Waals surface area contributed by atoms with Crippen molar-refractivity contribution in [3.63, 3.8) is 0 Å². The standard InChI is InChI=1S/C16H20BrN3/c1-12(18)16(14-5-3-4-6-15(14)17)20(2)11-13-7-9-19-10-8-13/h3-10,12,16H,11,18H2,1-2H3. The fourth-order valence-corrected chi connectivity index (χ4v) is 3.03. The molecule has 0 aliphatic heterocycles. The Kier molecular flexibility index (Phi) is 5.29. The normalized spacial score (nSPS) is 14.2. The van der Waals surface area contributed by atoms with Crippen molar-refractivity contribution in [2.75, 3.05) is 7.05 Å². The molecule has 2 rings (SSSR count). The molecule has 2 atom stereocenters. The summed E-state index contributed by atoms with van der Waals surface area (Å²) in [7, 11) is 2.11. The minimum atomic E-state index is 0.0422. The monoisotopic (exact) mass is 333 g/mol. The number of nitrogens with two attached hydrogens (primary N) is 1. The minimum Gasteiger partial charge on any atom is -0.326 e. The summed E-state index contributed by atoms with van der Waals surface area (Å²) in [5, 5.41) is 0.